The standard InChI is InChI=1S/C12H15ClO2S2/c1-8(17(15)9-4-2-3-5-9)12(14)10-6-7-11(13)16-10/h6-9H,2-5H2,1H3. The predicted molar refractivity (Wildman–Crippen MR) is 73.5 cm³/mol. The Morgan fingerprint density at radius 3 is 2.65 bits per heavy atom. The van der Waals surface area contributed by atoms with Crippen molar-refractivity contribution < 1.29 is 9.00 Å². The summed E-state index contributed by atoms with van der Waals surface area (Å²) in [7, 11) is -1.05. The Hall–Kier alpha value is -0.190. The van der Waals surface area contributed by atoms with Crippen LogP contribution in [-0.4, -0.2) is 20.5 Å². The van der Waals surface area contributed by atoms with Crippen molar-refractivity contribution in [2.45, 2.75) is 43.1 Å². The van der Waals surface area contributed by atoms with Gasteiger partial charge in [-0.05, 0) is 31.9 Å². The van der Waals surface area contributed by atoms with Crippen LogP contribution in [0.4, 0.5) is 0 Å². The lowest BCUT2D eigenvalue weighted by molar-refractivity contribution is 0.0996. The van der Waals surface area contributed by atoms with Gasteiger partial charge in [0.25, 0.3) is 0 Å². The van der Waals surface area contributed by atoms with Crippen LogP contribution in [0.1, 0.15) is 42.3 Å². The summed E-state index contributed by atoms with van der Waals surface area (Å²) in [5.74, 6) is -0.0351. The van der Waals surface area contributed by atoms with Crippen LogP contribution in [0.5, 0.6) is 0 Å². The number of carbonyl (C=O) groups is 1. The van der Waals surface area contributed by atoms with Gasteiger partial charge in [0.15, 0.2) is 5.78 Å². The molecule has 1 aromatic rings. The molecule has 2 atom stereocenters. The van der Waals surface area contributed by atoms with Gasteiger partial charge in [-0.3, -0.25) is 9.00 Å². The number of hydrogen-bond acceptors (Lipinski definition) is 3. The molecule has 0 radical (unpaired) electrons. The van der Waals surface area contributed by atoms with E-state index < -0.39 is 16.0 Å². The van der Waals surface area contributed by atoms with Gasteiger partial charge in [0.05, 0.1) is 14.5 Å². The normalized spacial score (nSPS) is 20.4. The lowest BCUT2D eigenvalue weighted by atomic mass is 10.2. The first-order valence-electron chi connectivity index (χ1n) is 5.78. The van der Waals surface area contributed by atoms with Crippen LogP contribution in [0.15, 0.2) is 12.1 Å². The molecule has 0 saturated heterocycles. The van der Waals surface area contributed by atoms with Crippen molar-refractivity contribution >= 4 is 39.5 Å². The van der Waals surface area contributed by atoms with E-state index in [1.807, 2.05) is 0 Å². The average Bonchev–Trinajstić information content (AvgIpc) is 2.96. The van der Waals surface area contributed by atoms with E-state index in [0.29, 0.717) is 9.21 Å². The van der Waals surface area contributed by atoms with Crippen molar-refractivity contribution in [3.05, 3.63) is 21.3 Å². The van der Waals surface area contributed by atoms with Crippen molar-refractivity contribution in [1.82, 2.24) is 0 Å². The molecule has 0 aromatic carbocycles. The Labute approximate surface area is 113 Å². The molecule has 0 amide bonds. The highest BCUT2D eigenvalue weighted by Crippen LogP contribution is 2.28. The number of hydrogen-bond donors (Lipinski definition) is 0. The lowest BCUT2D eigenvalue weighted by Crippen LogP contribution is -2.28. The van der Waals surface area contributed by atoms with Gasteiger partial charge in [0.1, 0.15) is 0 Å². The van der Waals surface area contributed by atoms with Gasteiger partial charge in [-0.15, -0.1) is 11.3 Å². The smallest absolute Gasteiger partial charge is 0.188 e. The van der Waals surface area contributed by atoms with Crippen LogP contribution >= 0.6 is 22.9 Å². The van der Waals surface area contributed by atoms with E-state index in [4.69, 9.17) is 11.6 Å². The molecule has 0 spiro atoms. The fraction of sp³-hybridized carbons (Fsp3) is 0.583. The van der Waals surface area contributed by atoms with Gasteiger partial charge < -0.3 is 0 Å². The van der Waals surface area contributed by atoms with Crippen LogP contribution < -0.4 is 0 Å². The molecular weight excluding hydrogens is 276 g/mol. The van der Waals surface area contributed by atoms with E-state index in [-0.39, 0.29) is 11.0 Å². The summed E-state index contributed by atoms with van der Waals surface area (Å²) in [5, 5.41) is -0.197. The molecule has 2 rings (SSSR count). The third kappa shape index (κ3) is 2.98. The van der Waals surface area contributed by atoms with Crippen molar-refractivity contribution in [2.24, 2.45) is 0 Å². The van der Waals surface area contributed by atoms with Crippen LogP contribution in [0, 0.1) is 0 Å². The second kappa shape index (κ2) is 5.63. The van der Waals surface area contributed by atoms with E-state index in [0.717, 1.165) is 25.7 Å². The number of carbonyl (C=O) groups excluding carboxylic acids is 1. The highest BCUT2D eigenvalue weighted by atomic mass is 35.5. The molecule has 0 bridgehead atoms. The number of ketones is 1. The third-order valence-electron chi connectivity index (χ3n) is 3.16. The molecule has 2 nitrogen and oxygen atoms in total. The number of rotatable bonds is 4. The fourth-order valence-corrected chi connectivity index (χ4v) is 5.02. The maximum atomic E-state index is 12.2. The zero-order valence-electron chi connectivity index (χ0n) is 9.65. The fourth-order valence-electron chi connectivity index (χ4n) is 2.16. The largest absolute Gasteiger partial charge is 0.292 e. The van der Waals surface area contributed by atoms with Gasteiger partial charge >= 0.3 is 0 Å². The number of Topliss-reactive ketones (excluding diaryl/α,β-unsaturated/α-hetero) is 1. The SMILES string of the molecule is CC(C(=O)c1ccc(Cl)s1)S(=O)C1CCCC1. The first kappa shape index (κ1) is 13.2. The molecule has 0 N–H and O–H groups in total. The summed E-state index contributed by atoms with van der Waals surface area (Å²) >= 11 is 7.07. The van der Waals surface area contributed by atoms with E-state index >= 15 is 0 Å². The molecular formula is C12H15ClO2S2. The molecule has 1 aliphatic carbocycles. The first-order chi connectivity index (χ1) is 8.09. The highest BCUT2D eigenvalue weighted by molar-refractivity contribution is 7.87. The molecule has 1 fully saturated rings. The molecule has 1 aliphatic rings. The molecule has 1 saturated carbocycles. The number of halogens is 1. The van der Waals surface area contributed by atoms with Crippen LogP contribution in [0.25, 0.3) is 0 Å². The average molecular weight is 291 g/mol. The summed E-state index contributed by atoms with van der Waals surface area (Å²) in [4.78, 5) is 12.7. The zero-order chi connectivity index (χ0) is 12.4. The Morgan fingerprint density at radius 1 is 1.47 bits per heavy atom. The van der Waals surface area contributed by atoms with E-state index in [1.165, 1.54) is 11.3 Å². The number of thiophene rings is 1. The monoisotopic (exact) mass is 290 g/mol. The summed E-state index contributed by atoms with van der Waals surface area (Å²) in [6.07, 6.45) is 4.27. The Morgan fingerprint density at radius 2 is 2.12 bits per heavy atom. The maximum absolute atomic E-state index is 12.2. The lowest BCUT2D eigenvalue weighted by Gasteiger charge is -2.14. The van der Waals surface area contributed by atoms with E-state index in [2.05, 4.69) is 0 Å². The second-order valence-electron chi connectivity index (χ2n) is 4.35. The van der Waals surface area contributed by atoms with Gasteiger partial charge in [0, 0.05) is 16.0 Å². The van der Waals surface area contributed by atoms with Crippen LogP contribution in [-0.2, 0) is 10.8 Å². The minimum absolute atomic E-state index is 0.0351. The minimum atomic E-state index is -1.05. The first-order valence-corrected chi connectivity index (χ1v) is 8.25. The maximum Gasteiger partial charge on any atom is 0.188 e. The van der Waals surface area contributed by atoms with Crippen molar-refractivity contribution in [3.8, 4) is 0 Å². The van der Waals surface area contributed by atoms with Crippen LogP contribution in [0.3, 0.4) is 0 Å². The van der Waals surface area contributed by atoms with Gasteiger partial charge in [-0.25, -0.2) is 0 Å². The summed E-state index contributed by atoms with van der Waals surface area (Å²) in [6, 6.07) is 3.43. The minimum Gasteiger partial charge on any atom is -0.292 e. The molecule has 0 aliphatic heterocycles. The van der Waals surface area contributed by atoms with Gasteiger partial charge in [0.2, 0.25) is 0 Å². The Bertz CT molecular complexity index is 435. The zero-order valence-corrected chi connectivity index (χ0v) is 12.0. The topological polar surface area (TPSA) is 34.1 Å². The molecule has 1 aromatic heterocycles. The second-order valence-corrected chi connectivity index (χ2v) is 8.09. The van der Waals surface area contributed by atoms with Gasteiger partial charge in [-0.2, -0.15) is 0 Å². The summed E-state index contributed by atoms with van der Waals surface area (Å²) in [5.41, 5.74) is 0. The molecule has 94 valence electrons. The third-order valence-corrected chi connectivity index (χ3v) is 6.45. The molecule has 5 heteroatoms. The van der Waals surface area contributed by atoms with Gasteiger partial charge in [-0.1, -0.05) is 24.4 Å². The van der Waals surface area contributed by atoms with E-state index in [1.54, 1.807) is 19.1 Å². The summed E-state index contributed by atoms with van der Waals surface area (Å²) < 4.78 is 12.8. The molecule has 2 unspecified atom stereocenters. The van der Waals surface area contributed by atoms with Crippen molar-refractivity contribution in [1.29, 1.82) is 0 Å². The van der Waals surface area contributed by atoms with Crippen molar-refractivity contribution in [3.63, 3.8) is 0 Å². The van der Waals surface area contributed by atoms with Crippen molar-refractivity contribution in [2.75, 3.05) is 0 Å². The molecule has 17 heavy (non-hydrogen) atoms. The van der Waals surface area contributed by atoms with Crippen LogP contribution in [0.2, 0.25) is 4.34 Å². The Balaban J connectivity index is 2.06. The highest BCUT2D eigenvalue weighted by Gasteiger charge is 2.30. The Kier molecular flexibility index (Phi) is 4.39. The quantitative estimate of drug-likeness (QED) is 0.793. The predicted octanol–water partition coefficient (Wildman–Crippen LogP) is 3.66. The molecule has 1 heterocycles. The van der Waals surface area contributed by atoms with E-state index in [9.17, 15) is 9.00 Å². The summed E-state index contributed by atoms with van der Waals surface area (Å²) in [6.45, 7) is 1.77.